The lowest BCUT2D eigenvalue weighted by Crippen LogP contribution is -2.34. The summed E-state index contributed by atoms with van der Waals surface area (Å²) in [6, 6.07) is 26.4. The van der Waals surface area contributed by atoms with Crippen LogP contribution in [0.2, 0.25) is 0 Å². The van der Waals surface area contributed by atoms with Gasteiger partial charge in [0.2, 0.25) is 0 Å². The van der Waals surface area contributed by atoms with Crippen LogP contribution in [0.25, 0.3) is 10.4 Å². The molecule has 0 bridgehead atoms. The molecule has 0 saturated carbocycles. The fraction of sp³-hybridized carbons (Fsp3) is 0.152. The number of benzene rings is 2. The highest BCUT2D eigenvalue weighted by atomic mass is 32.1. The standard InChI is InChI=1S/C33H27N5O4S/c39-31-24(10-6-15-34-31)36-32(40)28-19-21-14-16-38(26-11-3-2-8-23(26)30(21)43-28)33(41)25-9-5-13-29(35-25)37-17-18-42-27-12-4-1-7-22(27)20-37/h1-13,15,19H,14,16-18,20H2,(H,34,39)(H,36,40). The maximum absolute atomic E-state index is 14.0. The molecule has 0 radical (unpaired) electrons. The molecule has 5 heterocycles. The molecule has 10 heteroatoms. The zero-order chi connectivity index (χ0) is 29.3. The van der Waals surface area contributed by atoms with Crippen molar-refractivity contribution in [1.29, 1.82) is 0 Å². The lowest BCUT2D eigenvalue weighted by atomic mass is 10.1. The second-order valence-electron chi connectivity index (χ2n) is 10.3. The van der Waals surface area contributed by atoms with E-state index in [1.165, 1.54) is 17.5 Å². The van der Waals surface area contributed by atoms with E-state index in [1.54, 1.807) is 23.1 Å². The van der Waals surface area contributed by atoms with Crippen LogP contribution in [-0.2, 0) is 13.0 Å². The van der Waals surface area contributed by atoms with Crippen LogP contribution in [0, 0.1) is 0 Å². The summed E-state index contributed by atoms with van der Waals surface area (Å²) in [6.45, 7) is 2.25. The third kappa shape index (κ3) is 5.17. The highest BCUT2D eigenvalue weighted by Crippen LogP contribution is 2.42. The molecule has 0 unspecified atom stereocenters. The van der Waals surface area contributed by atoms with Gasteiger partial charge in [0.25, 0.3) is 17.4 Å². The molecule has 9 nitrogen and oxygen atoms in total. The quantitative estimate of drug-likeness (QED) is 0.293. The summed E-state index contributed by atoms with van der Waals surface area (Å²) in [4.78, 5) is 51.9. The van der Waals surface area contributed by atoms with Gasteiger partial charge in [0.05, 0.1) is 17.1 Å². The van der Waals surface area contributed by atoms with Gasteiger partial charge in [-0.1, -0.05) is 42.5 Å². The van der Waals surface area contributed by atoms with E-state index in [-0.39, 0.29) is 23.1 Å². The third-order valence-corrected chi connectivity index (χ3v) is 8.83. The number of hydrogen-bond donors (Lipinski definition) is 2. The number of amides is 2. The number of thiophene rings is 1. The van der Waals surface area contributed by atoms with E-state index in [0.29, 0.717) is 43.2 Å². The molecule has 43 heavy (non-hydrogen) atoms. The van der Waals surface area contributed by atoms with Gasteiger partial charge in [0.15, 0.2) is 0 Å². The number of ether oxygens (including phenoxy) is 1. The van der Waals surface area contributed by atoms with Gasteiger partial charge in [-0.3, -0.25) is 14.4 Å². The minimum absolute atomic E-state index is 0.183. The van der Waals surface area contributed by atoms with Crippen molar-refractivity contribution in [3.63, 3.8) is 0 Å². The van der Waals surface area contributed by atoms with E-state index in [4.69, 9.17) is 9.72 Å². The number of carbonyl (C=O) groups excluding carboxylic acids is 2. The molecule has 2 amide bonds. The first-order valence-corrected chi connectivity index (χ1v) is 14.8. The van der Waals surface area contributed by atoms with E-state index >= 15 is 0 Å². The predicted octanol–water partition coefficient (Wildman–Crippen LogP) is 5.35. The average molecular weight is 590 g/mol. The molecule has 3 aromatic heterocycles. The minimum atomic E-state index is -0.361. The highest BCUT2D eigenvalue weighted by Gasteiger charge is 2.29. The van der Waals surface area contributed by atoms with Gasteiger partial charge in [-0.15, -0.1) is 11.3 Å². The van der Waals surface area contributed by atoms with Crippen molar-refractivity contribution in [2.75, 3.05) is 34.8 Å². The fourth-order valence-corrected chi connectivity index (χ4v) is 6.64. The fourth-order valence-electron chi connectivity index (χ4n) is 5.50. The molecule has 214 valence electrons. The van der Waals surface area contributed by atoms with Crippen molar-refractivity contribution in [1.82, 2.24) is 9.97 Å². The third-order valence-electron chi connectivity index (χ3n) is 7.62. The lowest BCUT2D eigenvalue weighted by Gasteiger charge is -2.24. The Labute approximate surface area is 251 Å². The monoisotopic (exact) mass is 589 g/mol. The summed E-state index contributed by atoms with van der Waals surface area (Å²) in [5.74, 6) is 1.07. The molecule has 0 saturated heterocycles. The average Bonchev–Trinajstić information content (AvgIpc) is 3.25. The van der Waals surface area contributed by atoms with Gasteiger partial charge < -0.3 is 24.8 Å². The molecule has 2 aromatic carbocycles. The Hall–Kier alpha value is -5.22. The minimum Gasteiger partial charge on any atom is -0.491 e. The molecule has 2 aliphatic heterocycles. The van der Waals surface area contributed by atoms with E-state index in [0.717, 1.165) is 38.8 Å². The number of rotatable bonds is 4. The zero-order valence-electron chi connectivity index (χ0n) is 23.1. The number of aromatic amines is 1. The van der Waals surface area contributed by atoms with Crippen molar-refractivity contribution in [3.05, 3.63) is 123 Å². The molecule has 2 N–H and O–H groups in total. The first-order valence-electron chi connectivity index (χ1n) is 14.0. The Bertz CT molecular complexity index is 1920. The Kier molecular flexibility index (Phi) is 6.96. The molecule has 0 atom stereocenters. The SMILES string of the molecule is O=C(Nc1ccc[nH]c1=O)c1cc2c(s1)-c1ccccc1N(C(=O)c1cccc(N3CCOc4ccccc4C3)n1)CC2. The number of aromatic nitrogens is 2. The van der Waals surface area contributed by atoms with Crippen LogP contribution in [0.15, 0.2) is 95.9 Å². The van der Waals surface area contributed by atoms with Gasteiger partial charge in [0.1, 0.15) is 29.6 Å². The van der Waals surface area contributed by atoms with Crippen LogP contribution in [0.3, 0.4) is 0 Å². The predicted molar refractivity (Wildman–Crippen MR) is 167 cm³/mol. The molecule has 2 aliphatic rings. The normalized spacial score (nSPS) is 14.0. The maximum Gasteiger partial charge on any atom is 0.276 e. The van der Waals surface area contributed by atoms with Crippen LogP contribution >= 0.6 is 11.3 Å². The first kappa shape index (κ1) is 26.7. The Morgan fingerprint density at radius 3 is 2.70 bits per heavy atom. The summed E-state index contributed by atoms with van der Waals surface area (Å²) in [5, 5.41) is 2.71. The number of carbonyl (C=O) groups is 2. The van der Waals surface area contributed by atoms with Gasteiger partial charge in [0, 0.05) is 35.3 Å². The molecular formula is C33H27N5O4S. The van der Waals surface area contributed by atoms with E-state index in [1.807, 2.05) is 66.7 Å². The smallest absolute Gasteiger partial charge is 0.276 e. The number of hydrogen-bond acceptors (Lipinski definition) is 7. The maximum atomic E-state index is 14.0. The van der Waals surface area contributed by atoms with Crippen molar-refractivity contribution >= 4 is 40.3 Å². The van der Waals surface area contributed by atoms with Crippen LogP contribution < -0.4 is 25.4 Å². The summed E-state index contributed by atoms with van der Waals surface area (Å²) in [7, 11) is 0. The number of para-hydroxylation sites is 2. The molecule has 0 aliphatic carbocycles. The molecule has 5 aromatic rings. The van der Waals surface area contributed by atoms with Gasteiger partial charge in [-0.05, 0) is 54.4 Å². The van der Waals surface area contributed by atoms with Crippen LogP contribution in [0.1, 0.15) is 31.3 Å². The number of nitrogens with zero attached hydrogens (tertiary/aromatic N) is 3. The Balaban J connectivity index is 1.16. The zero-order valence-corrected chi connectivity index (χ0v) is 23.9. The second-order valence-corrected chi connectivity index (χ2v) is 11.4. The summed E-state index contributed by atoms with van der Waals surface area (Å²) < 4.78 is 5.92. The van der Waals surface area contributed by atoms with Gasteiger partial charge >= 0.3 is 0 Å². The van der Waals surface area contributed by atoms with E-state index in [9.17, 15) is 14.4 Å². The number of nitrogens with one attached hydrogen (secondary N) is 2. The van der Waals surface area contributed by atoms with E-state index in [2.05, 4.69) is 15.2 Å². The summed E-state index contributed by atoms with van der Waals surface area (Å²) in [6.07, 6.45) is 2.08. The molecule has 0 spiro atoms. The summed E-state index contributed by atoms with van der Waals surface area (Å²) >= 11 is 1.36. The molecular weight excluding hydrogens is 562 g/mol. The van der Waals surface area contributed by atoms with Gasteiger partial charge in [-0.25, -0.2) is 4.98 Å². The number of anilines is 3. The summed E-state index contributed by atoms with van der Waals surface area (Å²) in [5.41, 5.74) is 3.90. The lowest BCUT2D eigenvalue weighted by molar-refractivity contribution is 0.0981. The molecule has 7 rings (SSSR count). The Morgan fingerprint density at radius 2 is 1.79 bits per heavy atom. The number of fused-ring (bicyclic) bond motifs is 4. The number of pyridine rings is 2. The topological polar surface area (TPSA) is 108 Å². The molecule has 0 fully saturated rings. The van der Waals surface area contributed by atoms with Crippen molar-refractivity contribution in [2.24, 2.45) is 0 Å². The van der Waals surface area contributed by atoms with Crippen molar-refractivity contribution in [2.45, 2.75) is 13.0 Å². The largest absolute Gasteiger partial charge is 0.491 e. The van der Waals surface area contributed by atoms with E-state index < -0.39 is 0 Å². The van der Waals surface area contributed by atoms with Gasteiger partial charge in [-0.2, -0.15) is 0 Å². The van der Waals surface area contributed by atoms with Crippen LogP contribution in [-0.4, -0.2) is 41.5 Å². The van der Waals surface area contributed by atoms with Crippen LogP contribution in [0.5, 0.6) is 5.75 Å². The number of H-pyrrole nitrogens is 1. The second kappa shape index (κ2) is 11.2. The first-order chi connectivity index (χ1) is 21.0. The van der Waals surface area contributed by atoms with Crippen LogP contribution in [0.4, 0.5) is 17.2 Å². The highest BCUT2D eigenvalue weighted by molar-refractivity contribution is 7.17. The van der Waals surface area contributed by atoms with Crippen molar-refractivity contribution < 1.29 is 14.3 Å². The Morgan fingerprint density at radius 1 is 0.930 bits per heavy atom. The van der Waals surface area contributed by atoms with Crippen molar-refractivity contribution in [3.8, 4) is 16.2 Å².